The van der Waals surface area contributed by atoms with E-state index in [2.05, 4.69) is 10.3 Å². The van der Waals surface area contributed by atoms with Crippen molar-refractivity contribution in [2.45, 2.75) is 41.2 Å². The van der Waals surface area contributed by atoms with Gasteiger partial charge >= 0.3 is 5.69 Å². The van der Waals surface area contributed by atoms with E-state index in [1.54, 1.807) is 24.0 Å². The van der Waals surface area contributed by atoms with Crippen molar-refractivity contribution in [3.05, 3.63) is 67.5 Å². The third kappa shape index (κ3) is 4.57. The molecule has 0 unspecified atom stereocenters. The molecule has 3 rings (SSSR count). The lowest BCUT2D eigenvalue weighted by molar-refractivity contribution is -0.116. The summed E-state index contributed by atoms with van der Waals surface area (Å²) in [6, 6.07) is 7.01. The molecule has 0 atom stereocenters. The van der Waals surface area contributed by atoms with Gasteiger partial charge in [0.1, 0.15) is 12.2 Å². The average molecular weight is 452 g/mol. The SMILES string of the molecule is CCN(CC)C(=O)c1cc(C)nc2c1c(=O)n(CC(=O)Nc1ccc(C)c(C)c1)c(=O)n2C. The molecule has 0 saturated carbocycles. The smallest absolute Gasteiger partial charge is 0.332 e. The first kappa shape index (κ1) is 23.9. The molecule has 9 nitrogen and oxygen atoms in total. The van der Waals surface area contributed by atoms with Crippen LogP contribution in [0, 0.1) is 20.8 Å². The van der Waals surface area contributed by atoms with Crippen molar-refractivity contribution in [3.8, 4) is 0 Å². The van der Waals surface area contributed by atoms with Gasteiger partial charge in [0.25, 0.3) is 11.5 Å². The van der Waals surface area contributed by atoms with Crippen LogP contribution in [0.2, 0.25) is 0 Å². The molecule has 0 bridgehead atoms. The molecule has 0 fully saturated rings. The van der Waals surface area contributed by atoms with Crippen LogP contribution in [0.25, 0.3) is 11.0 Å². The topological polar surface area (TPSA) is 106 Å². The zero-order valence-electron chi connectivity index (χ0n) is 19.9. The maximum absolute atomic E-state index is 13.4. The van der Waals surface area contributed by atoms with Crippen LogP contribution in [0.3, 0.4) is 0 Å². The number of carbonyl (C=O) groups is 2. The van der Waals surface area contributed by atoms with Crippen molar-refractivity contribution in [1.29, 1.82) is 0 Å². The van der Waals surface area contributed by atoms with Crippen LogP contribution in [0.5, 0.6) is 0 Å². The number of nitrogens with one attached hydrogen (secondary N) is 1. The molecular formula is C24H29N5O4. The summed E-state index contributed by atoms with van der Waals surface area (Å²) in [7, 11) is 1.47. The largest absolute Gasteiger partial charge is 0.339 e. The molecule has 33 heavy (non-hydrogen) atoms. The highest BCUT2D eigenvalue weighted by Gasteiger charge is 2.23. The average Bonchev–Trinajstić information content (AvgIpc) is 2.77. The molecule has 3 aromatic rings. The molecule has 2 amide bonds. The van der Waals surface area contributed by atoms with Crippen LogP contribution in [0.15, 0.2) is 33.9 Å². The molecule has 2 heterocycles. The number of carbonyl (C=O) groups excluding carboxylic acids is 2. The Morgan fingerprint density at radius 2 is 1.70 bits per heavy atom. The molecule has 9 heteroatoms. The summed E-state index contributed by atoms with van der Waals surface area (Å²) in [6.07, 6.45) is 0. The molecular weight excluding hydrogens is 422 g/mol. The fourth-order valence-electron chi connectivity index (χ4n) is 3.76. The molecule has 0 radical (unpaired) electrons. The van der Waals surface area contributed by atoms with E-state index in [1.165, 1.54) is 11.6 Å². The molecule has 1 aromatic carbocycles. The Morgan fingerprint density at radius 3 is 2.30 bits per heavy atom. The monoisotopic (exact) mass is 451 g/mol. The van der Waals surface area contributed by atoms with E-state index in [0.717, 1.165) is 15.7 Å². The van der Waals surface area contributed by atoms with E-state index in [9.17, 15) is 19.2 Å². The Morgan fingerprint density at radius 1 is 1.03 bits per heavy atom. The Bertz CT molecular complexity index is 1370. The van der Waals surface area contributed by atoms with Gasteiger partial charge in [-0.2, -0.15) is 0 Å². The highest BCUT2D eigenvalue weighted by molar-refractivity contribution is 6.05. The fourth-order valence-corrected chi connectivity index (χ4v) is 3.76. The van der Waals surface area contributed by atoms with Gasteiger partial charge in [-0.05, 0) is 63.9 Å². The van der Waals surface area contributed by atoms with Gasteiger partial charge in [-0.1, -0.05) is 6.07 Å². The lowest BCUT2D eigenvalue weighted by Gasteiger charge is -2.20. The molecule has 0 spiro atoms. The number of rotatable bonds is 6. The standard InChI is InChI=1S/C24H29N5O4/c1-7-28(8-2)22(31)18-12-16(5)25-21-20(18)23(32)29(24(33)27(21)6)13-19(30)26-17-10-9-14(3)15(4)11-17/h9-12H,7-8,13H2,1-6H3,(H,26,30). The summed E-state index contributed by atoms with van der Waals surface area (Å²) in [5, 5.41) is 2.75. The van der Waals surface area contributed by atoms with Gasteiger partial charge in [0.2, 0.25) is 5.91 Å². The van der Waals surface area contributed by atoms with Gasteiger partial charge in [-0.25, -0.2) is 9.78 Å². The summed E-state index contributed by atoms with van der Waals surface area (Å²) in [4.78, 5) is 58.1. The maximum Gasteiger partial charge on any atom is 0.332 e. The Hall–Kier alpha value is -3.75. The van der Waals surface area contributed by atoms with Crippen molar-refractivity contribution in [1.82, 2.24) is 19.0 Å². The van der Waals surface area contributed by atoms with E-state index in [-0.39, 0.29) is 22.5 Å². The summed E-state index contributed by atoms with van der Waals surface area (Å²) in [6.45, 7) is 9.75. The Kier molecular flexibility index (Phi) is 6.81. The van der Waals surface area contributed by atoms with Gasteiger partial charge in [-0.3, -0.25) is 23.5 Å². The van der Waals surface area contributed by atoms with Crippen LogP contribution in [-0.2, 0) is 18.4 Å². The molecule has 0 aliphatic rings. The number of pyridine rings is 1. The van der Waals surface area contributed by atoms with Crippen molar-refractivity contribution in [2.24, 2.45) is 7.05 Å². The molecule has 0 aliphatic carbocycles. The van der Waals surface area contributed by atoms with Crippen LogP contribution >= 0.6 is 0 Å². The van der Waals surface area contributed by atoms with Crippen molar-refractivity contribution >= 4 is 28.5 Å². The van der Waals surface area contributed by atoms with E-state index in [4.69, 9.17) is 0 Å². The summed E-state index contributed by atoms with van der Waals surface area (Å²) in [5.41, 5.74) is 2.07. The van der Waals surface area contributed by atoms with E-state index >= 15 is 0 Å². The fraction of sp³-hybridized carbons (Fsp3) is 0.375. The van der Waals surface area contributed by atoms with E-state index in [0.29, 0.717) is 24.5 Å². The minimum atomic E-state index is -0.716. The molecule has 174 valence electrons. The third-order valence-electron chi connectivity index (χ3n) is 5.80. The zero-order valence-corrected chi connectivity index (χ0v) is 19.9. The number of aryl methyl sites for hydroxylation is 4. The second kappa shape index (κ2) is 9.40. The van der Waals surface area contributed by atoms with Crippen LogP contribution in [0.1, 0.15) is 41.0 Å². The van der Waals surface area contributed by atoms with Gasteiger partial charge in [0.05, 0.1) is 10.9 Å². The number of nitrogens with zero attached hydrogens (tertiary/aromatic N) is 4. The normalized spacial score (nSPS) is 11.0. The minimum absolute atomic E-state index is 0.0265. The highest BCUT2D eigenvalue weighted by Crippen LogP contribution is 2.17. The second-order valence-corrected chi connectivity index (χ2v) is 8.07. The van der Waals surface area contributed by atoms with E-state index in [1.807, 2.05) is 39.8 Å². The van der Waals surface area contributed by atoms with Gasteiger partial charge < -0.3 is 10.2 Å². The first-order valence-corrected chi connectivity index (χ1v) is 10.9. The Labute approximate surface area is 191 Å². The predicted molar refractivity (Wildman–Crippen MR) is 128 cm³/mol. The number of amides is 2. The number of hydrogen-bond acceptors (Lipinski definition) is 5. The van der Waals surface area contributed by atoms with Gasteiger partial charge in [0, 0.05) is 31.5 Å². The zero-order chi connectivity index (χ0) is 24.4. The maximum atomic E-state index is 13.4. The van der Waals surface area contributed by atoms with Gasteiger partial charge in [-0.15, -0.1) is 0 Å². The second-order valence-electron chi connectivity index (χ2n) is 8.07. The van der Waals surface area contributed by atoms with Gasteiger partial charge in [0.15, 0.2) is 0 Å². The third-order valence-corrected chi connectivity index (χ3v) is 5.80. The van der Waals surface area contributed by atoms with E-state index < -0.39 is 23.7 Å². The quantitative estimate of drug-likeness (QED) is 0.618. The molecule has 0 saturated heterocycles. The number of hydrogen-bond donors (Lipinski definition) is 1. The lowest BCUT2D eigenvalue weighted by atomic mass is 10.1. The number of fused-ring (bicyclic) bond motifs is 1. The van der Waals surface area contributed by atoms with Crippen molar-refractivity contribution < 1.29 is 9.59 Å². The van der Waals surface area contributed by atoms with Crippen LogP contribution in [-0.4, -0.2) is 43.9 Å². The molecule has 1 N–H and O–H groups in total. The summed E-state index contributed by atoms with van der Waals surface area (Å²) >= 11 is 0. The van der Waals surface area contributed by atoms with Crippen molar-refractivity contribution in [3.63, 3.8) is 0 Å². The Balaban J connectivity index is 2.12. The van der Waals surface area contributed by atoms with Crippen LogP contribution < -0.4 is 16.6 Å². The molecule has 0 aliphatic heterocycles. The predicted octanol–water partition coefficient (Wildman–Crippen LogP) is 2.14. The lowest BCUT2D eigenvalue weighted by Crippen LogP contribution is -2.43. The summed E-state index contributed by atoms with van der Waals surface area (Å²) < 4.78 is 2.04. The summed E-state index contributed by atoms with van der Waals surface area (Å²) in [5.74, 6) is -0.842. The number of anilines is 1. The van der Waals surface area contributed by atoms with Crippen molar-refractivity contribution in [2.75, 3.05) is 18.4 Å². The first-order valence-electron chi connectivity index (χ1n) is 10.9. The first-order chi connectivity index (χ1) is 15.6. The highest BCUT2D eigenvalue weighted by atomic mass is 16.2. The number of aromatic nitrogens is 3. The molecule has 2 aromatic heterocycles. The minimum Gasteiger partial charge on any atom is -0.339 e. The van der Waals surface area contributed by atoms with Crippen LogP contribution in [0.4, 0.5) is 5.69 Å². The number of benzene rings is 1.